The van der Waals surface area contributed by atoms with Crippen LogP contribution in [-0.2, 0) is 6.54 Å². The maximum Gasteiger partial charge on any atom is 0.257 e. The van der Waals surface area contributed by atoms with Crippen LogP contribution in [0, 0.1) is 0 Å². The first-order chi connectivity index (χ1) is 12.2. The van der Waals surface area contributed by atoms with Crippen molar-refractivity contribution in [1.82, 2.24) is 15.0 Å². The molecule has 4 rings (SSSR count). The summed E-state index contributed by atoms with van der Waals surface area (Å²) in [6.45, 7) is 1.34. The van der Waals surface area contributed by atoms with Crippen molar-refractivity contribution in [1.29, 1.82) is 0 Å². The Balaban J connectivity index is 1.58. The summed E-state index contributed by atoms with van der Waals surface area (Å²) in [4.78, 5) is 6.66. The van der Waals surface area contributed by atoms with E-state index in [4.69, 9.17) is 9.26 Å². The number of aromatic nitrogens is 2. The lowest BCUT2D eigenvalue weighted by Crippen LogP contribution is -2.10. The predicted octanol–water partition coefficient (Wildman–Crippen LogP) is 3.73. The zero-order valence-electron chi connectivity index (χ0n) is 14.3. The predicted molar refractivity (Wildman–Crippen MR) is 96.9 cm³/mol. The Labute approximate surface area is 146 Å². The average molecular weight is 333 g/mol. The maximum atomic E-state index is 5.76. The summed E-state index contributed by atoms with van der Waals surface area (Å²) in [5, 5.41) is 4.12. The topological polar surface area (TPSA) is 51.4 Å². The van der Waals surface area contributed by atoms with Crippen molar-refractivity contribution in [3.05, 3.63) is 65.5 Å². The summed E-state index contributed by atoms with van der Waals surface area (Å²) < 4.78 is 11.2. The van der Waals surface area contributed by atoms with Gasteiger partial charge in [0.1, 0.15) is 12.4 Å². The summed E-state index contributed by atoms with van der Waals surface area (Å²) in [7, 11) is 4.11. The number of benzene rings is 2. The Morgan fingerprint density at radius 2 is 1.84 bits per heavy atom. The van der Waals surface area contributed by atoms with Crippen molar-refractivity contribution in [2.24, 2.45) is 0 Å². The van der Waals surface area contributed by atoms with E-state index in [1.807, 2.05) is 42.5 Å². The molecule has 25 heavy (non-hydrogen) atoms. The zero-order chi connectivity index (χ0) is 17.2. The SMILES string of the molecule is CN(C)Cc1ccc(-c2noc(C3=Cc4ccccc4OC3)n2)cc1. The normalized spacial score (nSPS) is 13.3. The summed E-state index contributed by atoms with van der Waals surface area (Å²) in [6, 6.07) is 16.1. The summed E-state index contributed by atoms with van der Waals surface area (Å²) in [5.41, 5.74) is 4.10. The fraction of sp³-hybridized carbons (Fsp3) is 0.200. The van der Waals surface area contributed by atoms with Crippen molar-refractivity contribution in [2.75, 3.05) is 20.7 Å². The van der Waals surface area contributed by atoms with Gasteiger partial charge in [-0.25, -0.2) is 0 Å². The molecule has 0 fully saturated rings. The largest absolute Gasteiger partial charge is 0.488 e. The van der Waals surface area contributed by atoms with Gasteiger partial charge in [-0.3, -0.25) is 0 Å². The molecule has 0 spiro atoms. The van der Waals surface area contributed by atoms with E-state index in [1.54, 1.807) is 0 Å². The smallest absolute Gasteiger partial charge is 0.257 e. The summed E-state index contributed by atoms with van der Waals surface area (Å²) >= 11 is 0. The van der Waals surface area contributed by atoms with Gasteiger partial charge in [0.15, 0.2) is 0 Å². The lowest BCUT2D eigenvalue weighted by atomic mass is 10.1. The standard InChI is InChI=1S/C20H19N3O2/c1-23(2)12-14-7-9-15(10-8-14)19-21-20(25-22-19)17-11-16-5-3-4-6-18(16)24-13-17/h3-11H,12-13H2,1-2H3. The van der Waals surface area contributed by atoms with Gasteiger partial charge in [-0.15, -0.1) is 0 Å². The molecule has 0 N–H and O–H groups in total. The molecule has 0 atom stereocenters. The van der Waals surface area contributed by atoms with Gasteiger partial charge in [0.05, 0.1) is 5.57 Å². The Morgan fingerprint density at radius 3 is 2.64 bits per heavy atom. The number of rotatable bonds is 4. The van der Waals surface area contributed by atoms with Crippen molar-refractivity contribution in [3.8, 4) is 17.1 Å². The zero-order valence-corrected chi connectivity index (χ0v) is 14.3. The quantitative estimate of drug-likeness (QED) is 0.728. The van der Waals surface area contributed by atoms with E-state index in [-0.39, 0.29) is 0 Å². The van der Waals surface area contributed by atoms with Gasteiger partial charge in [-0.1, -0.05) is 47.6 Å². The number of fused-ring (bicyclic) bond motifs is 1. The monoisotopic (exact) mass is 333 g/mol. The van der Waals surface area contributed by atoms with Crippen molar-refractivity contribution < 1.29 is 9.26 Å². The summed E-state index contributed by atoms with van der Waals surface area (Å²) in [5.74, 6) is 1.97. The van der Waals surface area contributed by atoms with Gasteiger partial charge in [0.25, 0.3) is 5.89 Å². The molecule has 5 nitrogen and oxygen atoms in total. The molecule has 0 unspecified atom stereocenters. The van der Waals surface area contributed by atoms with Crippen molar-refractivity contribution in [3.63, 3.8) is 0 Å². The van der Waals surface area contributed by atoms with Crippen LogP contribution in [0.4, 0.5) is 0 Å². The molecule has 0 radical (unpaired) electrons. The van der Waals surface area contributed by atoms with Crippen LogP contribution < -0.4 is 4.74 Å². The molecule has 2 heterocycles. The van der Waals surface area contributed by atoms with E-state index in [2.05, 4.69) is 41.3 Å². The number of para-hydroxylation sites is 1. The van der Waals surface area contributed by atoms with Gasteiger partial charge in [0.2, 0.25) is 5.82 Å². The van der Waals surface area contributed by atoms with E-state index in [9.17, 15) is 0 Å². The minimum absolute atomic E-state index is 0.431. The summed E-state index contributed by atoms with van der Waals surface area (Å²) in [6.07, 6.45) is 2.04. The highest BCUT2D eigenvalue weighted by Gasteiger charge is 2.18. The van der Waals surface area contributed by atoms with E-state index >= 15 is 0 Å². The highest BCUT2D eigenvalue weighted by atomic mass is 16.5. The van der Waals surface area contributed by atoms with Crippen molar-refractivity contribution >= 4 is 11.6 Å². The van der Waals surface area contributed by atoms with Gasteiger partial charge in [-0.2, -0.15) is 4.98 Å². The second kappa shape index (κ2) is 6.53. The fourth-order valence-corrected chi connectivity index (χ4v) is 2.84. The first-order valence-electron chi connectivity index (χ1n) is 8.19. The third-order valence-electron chi connectivity index (χ3n) is 4.04. The van der Waals surface area contributed by atoms with Crippen LogP contribution in [-0.4, -0.2) is 35.7 Å². The molecule has 1 aliphatic rings. The molecular formula is C20H19N3O2. The minimum Gasteiger partial charge on any atom is -0.488 e. The molecule has 1 aliphatic heterocycles. The third-order valence-corrected chi connectivity index (χ3v) is 4.04. The van der Waals surface area contributed by atoms with Crippen LogP contribution in [0.3, 0.4) is 0 Å². The number of hydrogen-bond donors (Lipinski definition) is 0. The molecule has 0 saturated heterocycles. The molecule has 1 aromatic heterocycles. The van der Waals surface area contributed by atoms with E-state index < -0.39 is 0 Å². The van der Waals surface area contributed by atoms with Crippen LogP contribution in [0.5, 0.6) is 5.75 Å². The van der Waals surface area contributed by atoms with Gasteiger partial charge < -0.3 is 14.2 Å². The fourth-order valence-electron chi connectivity index (χ4n) is 2.84. The lowest BCUT2D eigenvalue weighted by Gasteiger charge is -2.15. The molecule has 5 heteroatoms. The molecular weight excluding hydrogens is 314 g/mol. The Kier molecular flexibility index (Phi) is 4.07. The molecule has 3 aromatic rings. The van der Waals surface area contributed by atoms with Gasteiger partial charge in [0, 0.05) is 17.7 Å². The van der Waals surface area contributed by atoms with Crippen LogP contribution >= 0.6 is 0 Å². The molecule has 0 amide bonds. The average Bonchev–Trinajstić information content (AvgIpc) is 3.11. The van der Waals surface area contributed by atoms with Crippen LogP contribution in [0.2, 0.25) is 0 Å². The van der Waals surface area contributed by atoms with Gasteiger partial charge in [-0.05, 0) is 31.8 Å². The molecule has 2 aromatic carbocycles. The Morgan fingerprint density at radius 1 is 1.04 bits per heavy atom. The molecule has 0 aliphatic carbocycles. The van der Waals surface area contributed by atoms with E-state index in [0.717, 1.165) is 29.0 Å². The Hall–Kier alpha value is -2.92. The first kappa shape index (κ1) is 15.6. The lowest BCUT2D eigenvalue weighted by molar-refractivity contribution is 0.351. The minimum atomic E-state index is 0.431. The molecule has 0 saturated carbocycles. The van der Waals surface area contributed by atoms with E-state index in [1.165, 1.54) is 5.56 Å². The first-order valence-corrected chi connectivity index (χ1v) is 8.19. The van der Waals surface area contributed by atoms with E-state index in [0.29, 0.717) is 18.3 Å². The highest BCUT2D eigenvalue weighted by molar-refractivity contribution is 5.82. The van der Waals surface area contributed by atoms with Gasteiger partial charge >= 0.3 is 0 Å². The Bertz CT molecular complexity index is 911. The number of hydrogen-bond acceptors (Lipinski definition) is 5. The van der Waals surface area contributed by atoms with Crippen molar-refractivity contribution in [2.45, 2.75) is 6.54 Å². The highest BCUT2D eigenvalue weighted by Crippen LogP contribution is 2.30. The van der Waals surface area contributed by atoms with Crippen LogP contribution in [0.25, 0.3) is 23.0 Å². The maximum absolute atomic E-state index is 5.76. The van der Waals surface area contributed by atoms with Crippen LogP contribution in [0.15, 0.2) is 53.1 Å². The number of nitrogens with zero attached hydrogens (tertiary/aromatic N) is 3. The van der Waals surface area contributed by atoms with Crippen LogP contribution in [0.1, 0.15) is 17.0 Å². The second-order valence-corrected chi connectivity index (χ2v) is 6.35. The second-order valence-electron chi connectivity index (χ2n) is 6.35. The molecule has 126 valence electrons. The third kappa shape index (κ3) is 3.32. The number of ether oxygens (including phenoxy) is 1. The molecule has 0 bridgehead atoms.